The van der Waals surface area contributed by atoms with Gasteiger partial charge in [-0.2, -0.15) is 0 Å². The van der Waals surface area contributed by atoms with Crippen molar-refractivity contribution in [2.45, 2.75) is 33.7 Å². The molecule has 8 heteroatoms. The molecule has 0 fully saturated rings. The Morgan fingerprint density at radius 2 is 1.77 bits per heavy atom. The topological polar surface area (TPSA) is 73.1 Å². The van der Waals surface area contributed by atoms with Gasteiger partial charge in [0.05, 0.1) is 29.5 Å². The standard InChI is InChI=1S/C32H33N3O4S/c1-6-34(7-2)23-16-13-21(14-17-23)19-26-30(36)35-29(27(31(37)39-8-3)20(4)33-32(35)40-26)28-24-12-10-9-11-22(24)15-18-25(28)38-5/h9-19,29H,6-8H2,1-5H3/b26-19-. The zero-order valence-electron chi connectivity index (χ0n) is 23.4. The van der Waals surface area contributed by atoms with Gasteiger partial charge >= 0.3 is 5.97 Å². The van der Waals surface area contributed by atoms with Gasteiger partial charge in [-0.3, -0.25) is 9.36 Å². The molecular weight excluding hydrogens is 522 g/mol. The number of carbonyl (C=O) groups is 1. The highest BCUT2D eigenvalue weighted by molar-refractivity contribution is 7.07. The van der Waals surface area contributed by atoms with E-state index in [0.717, 1.165) is 40.7 Å². The van der Waals surface area contributed by atoms with Crippen LogP contribution in [0.25, 0.3) is 16.8 Å². The largest absolute Gasteiger partial charge is 0.496 e. The summed E-state index contributed by atoms with van der Waals surface area (Å²) >= 11 is 1.32. The van der Waals surface area contributed by atoms with Crippen LogP contribution in [-0.4, -0.2) is 37.3 Å². The zero-order chi connectivity index (χ0) is 28.4. The maximum Gasteiger partial charge on any atom is 0.338 e. The summed E-state index contributed by atoms with van der Waals surface area (Å²) in [5.74, 6) is 0.0896. The van der Waals surface area contributed by atoms with E-state index in [2.05, 4.69) is 30.9 Å². The van der Waals surface area contributed by atoms with Crippen molar-refractivity contribution in [1.82, 2.24) is 4.57 Å². The summed E-state index contributed by atoms with van der Waals surface area (Å²) in [6.45, 7) is 9.88. The molecule has 0 spiro atoms. The molecule has 1 atom stereocenters. The Hall–Kier alpha value is -4.17. The van der Waals surface area contributed by atoms with Gasteiger partial charge in [0.15, 0.2) is 4.80 Å². The fraction of sp³-hybridized carbons (Fsp3) is 0.281. The molecule has 2 heterocycles. The minimum absolute atomic E-state index is 0.211. The predicted molar refractivity (Wildman–Crippen MR) is 161 cm³/mol. The molecule has 0 aliphatic carbocycles. The number of allylic oxidation sites excluding steroid dienone is 1. The van der Waals surface area contributed by atoms with E-state index in [-0.39, 0.29) is 12.2 Å². The van der Waals surface area contributed by atoms with E-state index in [4.69, 9.17) is 14.5 Å². The molecule has 1 aromatic heterocycles. The molecular formula is C32H33N3O4S. The Morgan fingerprint density at radius 1 is 1.05 bits per heavy atom. The average Bonchev–Trinajstić information content (AvgIpc) is 3.27. The fourth-order valence-electron chi connectivity index (χ4n) is 5.32. The number of anilines is 1. The van der Waals surface area contributed by atoms with Crippen molar-refractivity contribution < 1.29 is 14.3 Å². The number of nitrogens with zero attached hydrogens (tertiary/aromatic N) is 3. The monoisotopic (exact) mass is 555 g/mol. The van der Waals surface area contributed by atoms with E-state index in [0.29, 0.717) is 26.4 Å². The number of esters is 1. The van der Waals surface area contributed by atoms with Crippen LogP contribution in [0.4, 0.5) is 5.69 Å². The Labute approximate surface area is 237 Å². The number of hydrogen-bond acceptors (Lipinski definition) is 7. The minimum atomic E-state index is -0.761. The van der Waals surface area contributed by atoms with E-state index < -0.39 is 12.0 Å². The van der Waals surface area contributed by atoms with E-state index >= 15 is 0 Å². The second-order valence-electron chi connectivity index (χ2n) is 9.47. The second kappa shape index (κ2) is 11.5. The average molecular weight is 556 g/mol. The Bertz CT molecular complexity index is 1780. The summed E-state index contributed by atoms with van der Waals surface area (Å²) in [7, 11) is 1.60. The molecule has 0 saturated carbocycles. The molecule has 0 amide bonds. The third kappa shape index (κ3) is 4.84. The first-order valence-electron chi connectivity index (χ1n) is 13.5. The van der Waals surface area contributed by atoms with Gasteiger partial charge in [0.25, 0.3) is 5.56 Å². The summed E-state index contributed by atoms with van der Waals surface area (Å²) in [5.41, 5.74) is 3.43. The predicted octanol–water partition coefficient (Wildman–Crippen LogP) is 4.81. The highest BCUT2D eigenvalue weighted by atomic mass is 32.1. The second-order valence-corrected chi connectivity index (χ2v) is 10.5. The molecule has 7 nitrogen and oxygen atoms in total. The van der Waals surface area contributed by atoms with Crippen molar-refractivity contribution in [3.05, 3.63) is 103 Å². The smallest absolute Gasteiger partial charge is 0.338 e. The highest BCUT2D eigenvalue weighted by Gasteiger charge is 2.36. The molecule has 0 N–H and O–H groups in total. The molecule has 1 aliphatic heterocycles. The third-order valence-corrected chi connectivity index (χ3v) is 8.24. The minimum Gasteiger partial charge on any atom is -0.496 e. The lowest BCUT2D eigenvalue weighted by Gasteiger charge is -2.27. The van der Waals surface area contributed by atoms with Crippen LogP contribution >= 0.6 is 11.3 Å². The molecule has 206 valence electrons. The molecule has 0 saturated heterocycles. The van der Waals surface area contributed by atoms with Gasteiger partial charge in [-0.05, 0) is 68.3 Å². The molecule has 1 unspecified atom stereocenters. The van der Waals surface area contributed by atoms with Crippen molar-refractivity contribution >= 4 is 39.8 Å². The van der Waals surface area contributed by atoms with Crippen LogP contribution in [0, 0.1) is 0 Å². The van der Waals surface area contributed by atoms with Crippen molar-refractivity contribution in [3.63, 3.8) is 0 Å². The van der Waals surface area contributed by atoms with E-state index in [9.17, 15) is 9.59 Å². The Kier molecular flexibility index (Phi) is 7.89. The Balaban J connectivity index is 1.75. The lowest BCUT2D eigenvalue weighted by Crippen LogP contribution is -2.40. The summed E-state index contributed by atoms with van der Waals surface area (Å²) < 4.78 is 13.4. The highest BCUT2D eigenvalue weighted by Crippen LogP contribution is 2.40. The van der Waals surface area contributed by atoms with Crippen LogP contribution in [0.3, 0.4) is 0 Å². The molecule has 0 bridgehead atoms. The van der Waals surface area contributed by atoms with Crippen molar-refractivity contribution in [2.75, 3.05) is 31.7 Å². The van der Waals surface area contributed by atoms with Gasteiger partial charge in [-0.25, -0.2) is 9.79 Å². The van der Waals surface area contributed by atoms with Crippen LogP contribution in [0.1, 0.15) is 44.9 Å². The fourth-order valence-corrected chi connectivity index (χ4v) is 6.37. The SMILES string of the molecule is CCOC(=O)C1=C(C)N=c2s/c(=C\c3ccc(N(CC)CC)cc3)c(=O)n2C1c1c(OC)ccc2ccccc12. The van der Waals surface area contributed by atoms with Crippen molar-refractivity contribution in [2.24, 2.45) is 4.99 Å². The zero-order valence-corrected chi connectivity index (χ0v) is 24.2. The number of ether oxygens (including phenoxy) is 2. The van der Waals surface area contributed by atoms with E-state index in [1.54, 1.807) is 25.5 Å². The molecule has 5 rings (SSSR count). The third-order valence-electron chi connectivity index (χ3n) is 7.26. The number of thiazole rings is 1. The summed E-state index contributed by atoms with van der Waals surface area (Å²) in [5, 5.41) is 1.87. The summed E-state index contributed by atoms with van der Waals surface area (Å²) in [6.07, 6.45) is 1.89. The van der Waals surface area contributed by atoms with Gasteiger partial charge < -0.3 is 14.4 Å². The molecule has 1 aliphatic rings. The van der Waals surface area contributed by atoms with Crippen molar-refractivity contribution in [3.8, 4) is 5.75 Å². The number of carbonyl (C=O) groups excluding carboxylic acids is 1. The summed E-state index contributed by atoms with van der Waals surface area (Å²) in [4.78, 5) is 35.0. The van der Waals surface area contributed by atoms with Crippen LogP contribution in [0.5, 0.6) is 5.75 Å². The van der Waals surface area contributed by atoms with Gasteiger partial charge in [0.2, 0.25) is 0 Å². The molecule has 4 aromatic rings. The lowest BCUT2D eigenvalue weighted by atomic mass is 9.90. The van der Waals surface area contributed by atoms with Crippen LogP contribution in [0.15, 0.2) is 81.7 Å². The lowest BCUT2D eigenvalue weighted by molar-refractivity contribution is -0.139. The number of rotatable bonds is 8. The first-order chi connectivity index (χ1) is 19.4. The van der Waals surface area contributed by atoms with Crippen LogP contribution in [0.2, 0.25) is 0 Å². The first-order valence-corrected chi connectivity index (χ1v) is 14.3. The normalized spacial score (nSPS) is 15.1. The summed E-state index contributed by atoms with van der Waals surface area (Å²) in [6, 6.07) is 19.2. The van der Waals surface area contributed by atoms with E-state index in [1.807, 2.05) is 54.6 Å². The van der Waals surface area contributed by atoms with Gasteiger partial charge in [0.1, 0.15) is 11.8 Å². The maximum atomic E-state index is 14.1. The number of benzene rings is 3. The number of hydrogen-bond donors (Lipinski definition) is 0. The van der Waals surface area contributed by atoms with Crippen LogP contribution < -0.4 is 24.5 Å². The van der Waals surface area contributed by atoms with Gasteiger partial charge in [0, 0.05) is 24.3 Å². The number of aromatic nitrogens is 1. The van der Waals surface area contributed by atoms with Gasteiger partial charge in [-0.1, -0.05) is 53.8 Å². The maximum absolute atomic E-state index is 14.1. The van der Waals surface area contributed by atoms with Gasteiger partial charge in [-0.15, -0.1) is 0 Å². The quantitative estimate of drug-likeness (QED) is 0.292. The van der Waals surface area contributed by atoms with E-state index in [1.165, 1.54) is 11.3 Å². The van der Waals surface area contributed by atoms with Crippen molar-refractivity contribution in [1.29, 1.82) is 0 Å². The first kappa shape index (κ1) is 27.4. The van der Waals surface area contributed by atoms with Crippen LogP contribution in [-0.2, 0) is 9.53 Å². The molecule has 3 aromatic carbocycles. The number of fused-ring (bicyclic) bond motifs is 2. The molecule has 0 radical (unpaired) electrons. The number of methoxy groups -OCH3 is 1. The Morgan fingerprint density at radius 3 is 2.45 bits per heavy atom. The molecule has 40 heavy (non-hydrogen) atoms.